The summed E-state index contributed by atoms with van der Waals surface area (Å²) in [5, 5.41) is 3.17. The van der Waals surface area contributed by atoms with E-state index >= 15 is 0 Å². The summed E-state index contributed by atoms with van der Waals surface area (Å²) in [4.78, 5) is 60.1. The fourth-order valence-electron chi connectivity index (χ4n) is 6.15. The van der Waals surface area contributed by atoms with Gasteiger partial charge in [0.15, 0.2) is 0 Å². The summed E-state index contributed by atoms with van der Waals surface area (Å²) in [7, 11) is 0. The van der Waals surface area contributed by atoms with Gasteiger partial charge in [-0.05, 0) is 55.0 Å². The van der Waals surface area contributed by atoms with Crippen LogP contribution in [0.25, 0.3) is 10.9 Å². The van der Waals surface area contributed by atoms with Gasteiger partial charge in [0.1, 0.15) is 23.6 Å². The first kappa shape index (κ1) is 27.4. The Bertz CT molecular complexity index is 1500. The van der Waals surface area contributed by atoms with Gasteiger partial charge in [0.25, 0.3) is 5.91 Å². The number of carbonyl (C=O) groups excluding carboxylic acids is 4. The first-order valence-electron chi connectivity index (χ1n) is 13.7. The number of aromatic nitrogens is 1. The summed E-state index contributed by atoms with van der Waals surface area (Å²) in [6.07, 6.45) is 0.965. The van der Waals surface area contributed by atoms with Gasteiger partial charge in [-0.3, -0.25) is 19.2 Å². The van der Waals surface area contributed by atoms with Crippen LogP contribution in [0.2, 0.25) is 0 Å². The lowest BCUT2D eigenvalue weighted by Gasteiger charge is -2.36. The highest BCUT2D eigenvalue weighted by Gasteiger charge is 2.58. The van der Waals surface area contributed by atoms with Crippen molar-refractivity contribution < 1.29 is 23.6 Å². The minimum atomic E-state index is -1.11. The van der Waals surface area contributed by atoms with Crippen molar-refractivity contribution in [2.75, 3.05) is 18.4 Å². The summed E-state index contributed by atoms with van der Waals surface area (Å²) in [6.45, 7) is 6.04. The fourth-order valence-corrected chi connectivity index (χ4v) is 6.15. The number of rotatable bonds is 8. The number of nitrogens with one attached hydrogen (secondary N) is 2. The van der Waals surface area contributed by atoms with Crippen molar-refractivity contribution in [2.24, 2.45) is 11.7 Å². The van der Waals surface area contributed by atoms with Crippen molar-refractivity contribution in [2.45, 2.75) is 57.5 Å². The quantitative estimate of drug-likeness (QED) is 0.398. The molecule has 0 aliphatic carbocycles. The summed E-state index contributed by atoms with van der Waals surface area (Å²) in [5.74, 6) is -2.28. The number of primary amides is 1. The molecule has 2 aromatic carbocycles. The fraction of sp³-hybridized carbons (Fsp3) is 0.400. The van der Waals surface area contributed by atoms with E-state index in [0.29, 0.717) is 24.0 Å². The molecule has 1 saturated heterocycles. The van der Waals surface area contributed by atoms with Gasteiger partial charge in [-0.2, -0.15) is 0 Å². The monoisotopic (exact) mass is 547 g/mol. The second-order valence-electron chi connectivity index (χ2n) is 11.2. The number of hydrogen-bond acceptors (Lipinski definition) is 4. The molecule has 1 fully saturated rings. The summed E-state index contributed by atoms with van der Waals surface area (Å²) in [5.41, 5.74) is 6.72. The van der Waals surface area contributed by atoms with Gasteiger partial charge < -0.3 is 25.8 Å². The van der Waals surface area contributed by atoms with Gasteiger partial charge in [-0.25, -0.2) is 4.39 Å². The number of nitrogens with zero attached hydrogens (tertiary/aromatic N) is 2. The number of H-pyrrole nitrogens is 1. The molecule has 3 atom stereocenters. The van der Waals surface area contributed by atoms with Crippen LogP contribution in [0.1, 0.15) is 56.1 Å². The minimum Gasteiger partial charge on any atom is -0.368 e. The van der Waals surface area contributed by atoms with E-state index in [2.05, 4.69) is 10.3 Å². The highest BCUT2D eigenvalue weighted by atomic mass is 19.1. The van der Waals surface area contributed by atoms with E-state index in [-0.39, 0.29) is 42.4 Å². The zero-order chi connectivity index (χ0) is 28.8. The third kappa shape index (κ3) is 4.51. The highest BCUT2D eigenvalue weighted by Crippen LogP contribution is 2.46. The Morgan fingerprint density at radius 2 is 1.93 bits per heavy atom. The normalized spacial score (nSPS) is 20.7. The zero-order valence-electron chi connectivity index (χ0n) is 22.9. The Morgan fingerprint density at radius 1 is 1.18 bits per heavy atom. The number of halogens is 1. The van der Waals surface area contributed by atoms with Crippen molar-refractivity contribution in [1.29, 1.82) is 0 Å². The van der Waals surface area contributed by atoms with Crippen molar-refractivity contribution in [1.82, 2.24) is 14.8 Å². The lowest BCUT2D eigenvalue weighted by atomic mass is 9.79. The molecule has 3 aromatic rings. The maximum absolute atomic E-state index is 14.4. The predicted molar refractivity (Wildman–Crippen MR) is 149 cm³/mol. The van der Waals surface area contributed by atoms with E-state index < -0.39 is 41.0 Å². The van der Waals surface area contributed by atoms with Gasteiger partial charge >= 0.3 is 0 Å². The van der Waals surface area contributed by atoms with Crippen molar-refractivity contribution in [3.05, 3.63) is 65.6 Å². The number of aromatic amines is 1. The Hall–Kier alpha value is -4.21. The predicted octanol–water partition coefficient (Wildman–Crippen LogP) is 3.55. The van der Waals surface area contributed by atoms with Crippen LogP contribution in [-0.4, -0.2) is 63.6 Å². The molecular formula is C30H34FN5O4. The van der Waals surface area contributed by atoms with Crippen LogP contribution in [-0.2, 0) is 19.8 Å². The van der Waals surface area contributed by atoms with Gasteiger partial charge in [0.2, 0.25) is 17.7 Å². The molecule has 5 rings (SSSR count). The van der Waals surface area contributed by atoms with Gasteiger partial charge in [-0.15, -0.1) is 0 Å². The van der Waals surface area contributed by atoms with Crippen LogP contribution in [0.15, 0.2) is 48.5 Å². The van der Waals surface area contributed by atoms with E-state index in [1.165, 1.54) is 21.9 Å². The average molecular weight is 548 g/mol. The SMILES string of the molecule is CCCN(C(=O)c1cc2c(F)cccc2[nH]1)[C@@H](CC(C)C)C(=O)N1C[C@]2(C[C@H]1C(N)=O)C(=O)Nc1ccccc12. The molecule has 0 bridgehead atoms. The number of benzene rings is 2. The first-order valence-corrected chi connectivity index (χ1v) is 13.7. The third-order valence-corrected chi connectivity index (χ3v) is 8.02. The summed E-state index contributed by atoms with van der Waals surface area (Å²) < 4.78 is 14.4. The number of nitrogens with two attached hydrogens (primary N) is 1. The highest BCUT2D eigenvalue weighted by molar-refractivity contribution is 6.08. The third-order valence-electron chi connectivity index (χ3n) is 8.02. The van der Waals surface area contributed by atoms with Gasteiger partial charge in [-0.1, -0.05) is 45.0 Å². The van der Waals surface area contributed by atoms with Crippen LogP contribution in [0.3, 0.4) is 0 Å². The number of amides is 4. The first-order chi connectivity index (χ1) is 19.1. The molecule has 1 aromatic heterocycles. The molecule has 9 nitrogen and oxygen atoms in total. The number of anilines is 1. The van der Waals surface area contributed by atoms with Crippen molar-refractivity contribution in [3.8, 4) is 0 Å². The Kier molecular flexibility index (Phi) is 7.12. The summed E-state index contributed by atoms with van der Waals surface area (Å²) >= 11 is 0. The van der Waals surface area contributed by atoms with E-state index in [1.54, 1.807) is 18.2 Å². The number of likely N-dealkylation sites (tertiary alicyclic amines) is 1. The van der Waals surface area contributed by atoms with E-state index in [0.717, 1.165) is 5.56 Å². The van der Waals surface area contributed by atoms with Crippen molar-refractivity contribution >= 4 is 40.2 Å². The Balaban J connectivity index is 1.53. The lowest BCUT2D eigenvalue weighted by molar-refractivity contribution is -0.141. The maximum atomic E-state index is 14.4. The van der Waals surface area contributed by atoms with Crippen molar-refractivity contribution in [3.63, 3.8) is 0 Å². The average Bonchev–Trinajstić information content (AvgIpc) is 3.61. The molecular weight excluding hydrogens is 513 g/mol. The molecule has 40 heavy (non-hydrogen) atoms. The summed E-state index contributed by atoms with van der Waals surface area (Å²) in [6, 6.07) is 11.3. The second kappa shape index (κ2) is 10.4. The number of para-hydroxylation sites is 1. The van der Waals surface area contributed by atoms with Gasteiger partial charge in [0, 0.05) is 29.7 Å². The number of fused-ring (bicyclic) bond motifs is 3. The largest absolute Gasteiger partial charge is 0.368 e. The number of hydrogen-bond donors (Lipinski definition) is 3. The molecule has 0 saturated carbocycles. The molecule has 4 N–H and O–H groups in total. The van der Waals surface area contributed by atoms with Crippen LogP contribution in [0.4, 0.5) is 10.1 Å². The molecule has 4 amide bonds. The Morgan fingerprint density at radius 3 is 2.60 bits per heavy atom. The lowest BCUT2D eigenvalue weighted by Crippen LogP contribution is -2.55. The van der Waals surface area contributed by atoms with E-state index in [1.807, 2.05) is 39.0 Å². The molecule has 1 spiro atoms. The topological polar surface area (TPSA) is 129 Å². The van der Waals surface area contributed by atoms with Crippen LogP contribution >= 0.6 is 0 Å². The molecule has 3 heterocycles. The van der Waals surface area contributed by atoms with Crippen LogP contribution in [0, 0.1) is 11.7 Å². The van der Waals surface area contributed by atoms with E-state index in [4.69, 9.17) is 5.73 Å². The number of carbonyl (C=O) groups is 4. The Labute approximate surface area is 231 Å². The molecule has 0 radical (unpaired) electrons. The second-order valence-corrected chi connectivity index (χ2v) is 11.2. The molecule has 2 aliphatic heterocycles. The van der Waals surface area contributed by atoms with Gasteiger partial charge in [0.05, 0.1) is 5.41 Å². The standard InChI is InChI=1S/C30H34FN5O4/c1-4-12-35(27(38)23-14-18-20(31)9-7-11-21(18)33-23)24(13-17(2)3)28(39)36-16-30(15-25(36)26(32)37)19-8-5-6-10-22(19)34-29(30)40/h5-11,14,17,24-25,33H,4,12-13,15-16H2,1-3H3,(H2,32,37)(H,34,40)/t24-,25-,30-/m0/s1. The minimum absolute atomic E-state index is 0.0252. The zero-order valence-corrected chi connectivity index (χ0v) is 22.9. The maximum Gasteiger partial charge on any atom is 0.270 e. The van der Waals surface area contributed by atoms with Crippen LogP contribution < -0.4 is 11.1 Å². The van der Waals surface area contributed by atoms with Crippen LogP contribution in [0.5, 0.6) is 0 Å². The molecule has 0 unspecified atom stereocenters. The van der Waals surface area contributed by atoms with E-state index in [9.17, 15) is 23.6 Å². The molecule has 210 valence electrons. The molecule has 10 heteroatoms. The smallest absolute Gasteiger partial charge is 0.270 e. The molecule has 2 aliphatic rings.